The monoisotopic (exact) mass is 558 g/mol. The van der Waals surface area contributed by atoms with E-state index in [0.29, 0.717) is 50.1 Å². The minimum absolute atomic E-state index is 0. The maximum atomic E-state index is 13.4. The van der Waals surface area contributed by atoms with E-state index in [0.717, 1.165) is 18.7 Å². The maximum absolute atomic E-state index is 13.4. The van der Waals surface area contributed by atoms with Gasteiger partial charge in [-0.25, -0.2) is 9.38 Å². The number of rotatable bonds is 8. The number of hydrogen-bond donors (Lipinski definition) is 3. The van der Waals surface area contributed by atoms with Crippen LogP contribution >= 0.6 is 24.0 Å². The Morgan fingerprint density at radius 3 is 2.56 bits per heavy atom. The molecule has 1 aliphatic heterocycles. The van der Waals surface area contributed by atoms with Crippen LogP contribution in [0.15, 0.2) is 47.5 Å². The van der Waals surface area contributed by atoms with Gasteiger partial charge in [0.05, 0.1) is 32.9 Å². The summed E-state index contributed by atoms with van der Waals surface area (Å²) in [6, 6.07) is 11.8. The highest BCUT2D eigenvalue weighted by atomic mass is 127. The first kappa shape index (κ1) is 26.1. The maximum Gasteiger partial charge on any atom is 0.191 e. The summed E-state index contributed by atoms with van der Waals surface area (Å²) in [5.41, 5.74) is 1.72. The lowest BCUT2D eigenvalue weighted by atomic mass is 10.0. The van der Waals surface area contributed by atoms with Gasteiger partial charge in [-0.1, -0.05) is 12.1 Å². The summed E-state index contributed by atoms with van der Waals surface area (Å²) in [5, 5.41) is 16.8. The number of aliphatic imine (C=N–C) groups is 1. The van der Waals surface area contributed by atoms with Gasteiger partial charge in [0.15, 0.2) is 5.96 Å². The third-order valence-electron chi connectivity index (χ3n) is 5.24. The largest absolute Gasteiger partial charge is 0.508 e. The molecule has 2 aromatic rings. The zero-order chi connectivity index (χ0) is 22.1. The highest BCUT2D eigenvalue weighted by Crippen LogP contribution is 2.24. The summed E-state index contributed by atoms with van der Waals surface area (Å²) >= 11 is 0. The van der Waals surface area contributed by atoms with Crippen LogP contribution in [0.3, 0.4) is 0 Å². The Morgan fingerprint density at radius 1 is 1.19 bits per heavy atom. The van der Waals surface area contributed by atoms with E-state index < -0.39 is 0 Å². The number of ether oxygens (including phenoxy) is 2. The summed E-state index contributed by atoms with van der Waals surface area (Å²) in [7, 11) is 1.59. The van der Waals surface area contributed by atoms with Crippen LogP contribution in [0, 0.1) is 5.82 Å². The van der Waals surface area contributed by atoms with Gasteiger partial charge in [0.25, 0.3) is 0 Å². The Hall–Kier alpha value is -2.11. The molecule has 0 spiro atoms. The predicted molar refractivity (Wildman–Crippen MR) is 134 cm³/mol. The molecule has 0 bridgehead atoms. The van der Waals surface area contributed by atoms with Crippen molar-refractivity contribution in [2.24, 2.45) is 4.99 Å². The van der Waals surface area contributed by atoms with Crippen molar-refractivity contribution in [2.45, 2.75) is 19.5 Å². The first-order valence-electron chi connectivity index (χ1n) is 10.6. The molecule has 3 N–H and O–H groups in total. The van der Waals surface area contributed by atoms with Crippen molar-refractivity contribution in [1.82, 2.24) is 15.5 Å². The van der Waals surface area contributed by atoms with Crippen LogP contribution in [-0.4, -0.2) is 62.5 Å². The van der Waals surface area contributed by atoms with Gasteiger partial charge >= 0.3 is 0 Å². The fourth-order valence-electron chi connectivity index (χ4n) is 3.55. The molecule has 0 radical (unpaired) electrons. The normalized spacial score (nSPS) is 15.5. The molecule has 1 saturated heterocycles. The van der Waals surface area contributed by atoms with Gasteiger partial charge in [0.1, 0.15) is 17.3 Å². The minimum atomic E-state index is -0.245. The van der Waals surface area contributed by atoms with Crippen LogP contribution in [0.4, 0.5) is 4.39 Å². The van der Waals surface area contributed by atoms with Gasteiger partial charge in [-0.3, -0.25) is 4.90 Å². The number of morpholine rings is 1. The van der Waals surface area contributed by atoms with E-state index in [1.807, 2.05) is 19.1 Å². The summed E-state index contributed by atoms with van der Waals surface area (Å²) < 4.78 is 24.2. The van der Waals surface area contributed by atoms with E-state index in [9.17, 15) is 9.50 Å². The third-order valence-corrected chi connectivity index (χ3v) is 5.24. The molecule has 32 heavy (non-hydrogen) atoms. The number of phenols is 1. The van der Waals surface area contributed by atoms with Crippen LogP contribution in [0.1, 0.15) is 24.1 Å². The molecule has 9 heteroatoms. The molecule has 7 nitrogen and oxygen atoms in total. The number of nitrogens with one attached hydrogen (secondary N) is 2. The second-order valence-corrected chi connectivity index (χ2v) is 7.29. The highest BCUT2D eigenvalue weighted by Gasteiger charge is 2.23. The molecule has 3 rings (SSSR count). The molecule has 0 saturated carbocycles. The average Bonchev–Trinajstić information content (AvgIpc) is 2.80. The van der Waals surface area contributed by atoms with Crippen molar-refractivity contribution >= 4 is 29.9 Å². The smallest absolute Gasteiger partial charge is 0.191 e. The molecule has 0 aromatic heterocycles. The molecule has 0 aliphatic carbocycles. The Labute approximate surface area is 206 Å². The number of guanidine groups is 1. The lowest BCUT2D eigenvalue weighted by Gasteiger charge is -2.35. The van der Waals surface area contributed by atoms with Crippen molar-refractivity contribution in [1.29, 1.82) is 0 Å². The minimum Gasteiger partial charge on any atom is -0.508 e. The molecule has 1 fully saturated rings. The van der Waals surface area contributed by atoms with Crippen molar-refractivity contribution in [3.8, 4) is 11.5 Å². The Bertz CT molecular complexity index is 861. The number of halogens is 2. The molecule has 1 aliphatic rings. The Kier molecular flexibility index (Phi) is 11.0. The fourth-order valence-corrected chi connectivity index (χ4v) is 3.55. The van der Waals surface area contributed by atoms with E-state index in [4.69, 9.17) is 9.47 Å². The Balaban J connectivity index is 0.00000363. The van der Waals surface area contributed by atoms with Gasteiger partial charge in [0, 0.05) is 31.7 Å². The zero-order valence-electron chi connectivity index (χ0n) is 18.5. The summed E-state index contributed by atoms with van der Waals surface area (Å²) in [6.07, 6.45) is 0. The van der Waals surface area contributed by atoms with Gasteiger partial charge in [-0.2, -0.15) is 0 Å². The second-order valence-electron chi connectivity index (χ2n) is 7.29. The van der Waals surface area contributed by atoms with Crippen LogP contribution < -0.4 is 15.4 Å². The molecule has 1 atom stereocenters. The van der Waals surface area contributed by atoms with Crippen molar-refractivity contribution in [3.63, 3.8) is 0 Å². The van der Waals surface area contributed by atoms with E-state index in [1.54, 1.807) is 25.3 Å². The summed E-state index contributed by atoms with van der Waals surface area (Å²) in [5.74, 6) is 1.25. The Morgan fingerprint density at radius 2 is 1.91 bits per heavy atom. The number of phenolic OH excluding ortho intramolecular Hbond substituents is 1. The number of methoxy groups -OCH3 is 1. The molecular formula is C23H32FIN4O3. The SMILES string of the molecule is CCNC(=NCc1cc(OC)ccc1O)NCC(c1ccc(F)cc1)N1CCOCC1.I. The van der Waals surface area contributed by atoms with E-state index in [2.05, 4.69) is 20.5 Å². The number of nitrogens with zero attached hydrogens (tertiary/aromatic N) is 2. The molecule has 0 amide bonds. The van der Waals surface area contributed by atoms with Gasteiger partial charge in [-0.05, 0) is 42.8 Å². The third kappa shape index (κ3) is 7.49. The predicted octanol–water partition coefficient (Wildman–Crippen LogP) is 3.29. The summed E-state index contributed by atoms with van der Waals surface area (Å²) in [4.78, 5) is 6.96. The van der Waals surface area contributed by atoms with Crippen LogP contribution in [0.25, 0.3) is 0 Å². The zero-order valence-corrected chi connectivity index (χ0v) is 20.8. The molecule has 176 valence electrons. The van der Waals surface area contributed by atoms with E-state index in [1.165, 1.54) is 12.1 Å². The van der Waals surface area contributed by atoms with Crippen molar-refractivity contribution < 1.29 is 19.0 Å². The van der Waals surface area contributed by atoms with Crippen LogP contribution in [-0.2, 0) is 11.3 Å². The van der Waals surface area contributed by atoms with Crippen LogP contribution in [0.5, 0.6) is 11.5 Å². The average molecular weight is 558 g/mol. The van der Waals surface area contributed by atoms with Crippen LogP contribution in [0.2, 0.25) is 0 Å². The molecular weight excluding hydrogens is 526 g/mol. The molecule has 1 heterocycles. The second kappa shape index (κ2) is 13.4. The molecule has 2 aromatic carbocycles. The van der Waals surface area contributed by atoms with Crippen molar-refractivity contribution in [3.05, 3.63) is 59.4 Å². The van der Waals surface area contributed by atoms with Gasteiger partial charge in [-0.15, -0.1) is 24.0 Å². The molecule has 1 unspecified atom stereocenters. The lowest BCUT2D eigenvalue weighted by Crippen LogP contribution is -2.46. The summed E-state index contributed by atoms with van der Waals surface area (Å²) in [6.45, 7) is 6.60. The lowest BCUT2D eigenvalue weighted by molar-refractivity contribution is 0.0170. The van der Waals surface area contributed by atoms with Gasteiger partial charge < -0.3 is 25.2 Å². The number of aromatic hydroxyl groups is 1. The fraction of sp³-hybridized carbons (Fsp3) is 0.435. The van der Waals surface area contributed by atoms with Crippen molar-refractivity contribution in [2.75, 3.05) is 46.5 Å². The first-order chi connectivity index (χ1) is 15.1. The first-order valence-corrected chi connectivity index (χ1v) is 10.6. The highest BCUT2D eigenvalue weighted by molar-refractivity contribution is 14.0. The van der Waals surface area contributed by atoms with Gasteiger partial charge in [0.2, 0.25) is 0 Å². The number of benzene rings is 2. The standard InChI is InChI=1S/C23H31FN4O3.HI/c1-3-25-23(26-15-18-14-20(30-2)8-9-22(18)29)27-16-21(28-10-12-31-13-11-28)17-4-6-19(24)7-5-17;/h4-9,14,21,29H,3,10-13,15-16H2,1-2H3,(H2,25,26,27);1H. The quantitative estimate of drug-likeness (QED) is 0.262. The van der Waals surface area contributed by atoms with E-state index in [-0.39, 0.29) is 41.6 Å². The number of hydrogen-bond acceptors (Lipinski definition) is 5. The topological polar surface area (TPSA) is 78.4 Å². The van der Waals surface area contributed by atoms with E-state index >= 15 is 0 Å².